The Morgan fingerprint density at radius 2 is 2.30 bits per heavy atom. The number of likely N-dealkylation sites (tertiary alicyclic amines) is 1. The molecule has 0 spiro atoms. The molecule has 110 valence electrons. The molecule has 1 aliphatic heterocycles. The van der Waals surface area contributed by atoms with Crippen LogP contribution in [0.3, 0.4) is 0 Å². The Balaban J connectivity index is 1.72. The molecule has 0 aromatic heterocycles. The van der Waals surface area contributed by atoms with E-state index in [1.165, 1.54) is 0 Å². The minimum Gasteiger partial charge on any atom is -0.449 e. The summed E-state index contributed by atoms with van der Waals surface area (Å²) in [6, 6.07) is 8.34. The number of nitrogens with one attached hydrogen (secondary N) is 1. The molecule has 1 heterocycles. The Kier molecular flexibility index (Phi) is 5.24. The molecule has 1 amide bonds. The lowest BCUT2D eigenvalue weighted by Gasteiger charge is -2.39. The van der Waals surface area contributed by atoms with Gasteiger partial charge in [-0.25, -0.2) is 4.79 Å². The molecule has 5 nitrogen and oxygen atoms in total. The first-order chi connectivity index (χ1) is 9.72. The third-order valence-corrected chi connectivity index (χ3v) is 3.40. The molecule has 1 aromatic rings. The largest absolute Gasteiger partial charge is 0.449 e. The van der Waals surface area contributed by atoms with E-state index < -0.39 is 0 Å². The average molecular weight is 277 g/mol. The fourth-order valence-corrected chi connectivity index (χ4v) is 2.14. The number of carbonyl (C=O) groups is 1. The van der Waals surface area contributed by atoms with Gasteiger partial charge in [0.1, 0.15) is 0 Å². The van der Waals surface area contributed by atoms with Gasteiger partial charge >= 0.3 is 6.09 Å². The molecule has 0 radical (unpaired) electrons. The Labute approximate surface area is 120 Å². The van der Waals surface area contributed by atoms with Crippen LogP contribution in [0.2, 0.25) is 0 Å². The monoisotopic (exact) mass is 277 g/mol. The molecular weight excluding hydrogens is 254 g/mol. The summed E-state index contributed by atoms with van der Waals surface area (Å²) in [6.07, 6.45) is 1.76. The van der Waals surface area contributed by atoms with Crippen molar-refractivity contribution in [3.63, 3.8) is 0 Å². The smallest absolute Gasteiger partial charge is 0.409 e. The van der Waals surface area contributed by atoms with Gasteiger partial charge in [0.25, 0.3) is 0 Å². The molecule has 2 rings (SSSR count). The van der Waals surface area contributed by atoms with Crippen LogP contribution in [0.15, 0.2) is 24.3 Å². The Hall–Kier alpha value is -1.75. The number of hydrogen-bond acceptors (Lipinski definition) is 4. The van der Waals surface area contributed by atoms with Crippen molar-refractivity contribution in [2.75, 3.05) is 25.0 Å². The summed E-state index contributed by atoms with van der Waals surface area (Å²) in [7, 11) is 0. The van der Waals surface area contributed by atoms with Crippen molar-refractivity contribution in [1.29, 1.82) is 0 Å². The van der Waals surface area contributed by atoms with Crippen LogP contribution in [0.1, 0.15) is 25.3 Å². The van der Waals surface area contributed by atoms with Crippen molar-refractivity contribution >= 4 is 11.8 Å². The van der Waals surface area contributed by atoms with Crippen LogP contribution in [0.5, 0.6) is 0 Å². The average Bonchev–Trinajstić information content (AvgIpc) is 2.42. The molecule has 0 atom stereocenters. The minimum absolute atomic E-state index is 0.202. The van der Waals surface area contributed by atoms with Gasteiger partial charge in [-0.15, -0.1) is 0 Å². The van der Waals surface area contributed by atoms with Gasteiger partial charge in [-0.1, -0.05) is 25.5 Å². The third-order valence-electron chi connectivity index (χ3n) is 3.40. The Bertz CT molecular complexity index is 444. The maximum Gasteiger partial charge on any atom is 0.409 e. The lowest BCUT2D eigenvalue weighted by atomic mass is 10.1. The second-order valence-electron chi connectivity index (χ2n) is 5.12. The second kappa shape index (κ2) is 7.14. The molecule has 20 heavy (non-hydrogen) atoms. The minimum atomic E-state index is -0.202. The number of anilines is 1. The zero-order valence-electron chi connectivity index (χ0n) is 12.0. The van der Waals surface area contributed by atoms with E-state index in [-0.39, 0.29) is 6.09 Å². The van der Waals surface area contributed by atoms with Crippen LogP contribution in [0.4, 0.5) is 10.5 Å². The van der Waals surface area contributed by atoms with Crippen LogP contribution >= 0.6 is 0 Å². The van der Waals surface area contributed by atoms with Crippen molar-refractivity contribution in [2.24, 2.45) is 5.73 Å². The van der Waals surface area contributed by atoms with E-state index in [1.54, 1.807) is 4.90 Å². The van der Waals surface area contributed by atoms with Gasteiger partial charge in [0, 0.05) is 25.3 Å². The summed E-state index contributed by atoms with van der Waals surface area (Å²) in [5.74, 6) is 0. The normalized spacial score (nSPS) is 14.8. The number of carbonyl (C=O) groups excluding carboxylic acids is 1. The number of rotatable bonds is 6. The van der Waals surface area contributed by atoms with Crippen molar-refractivity contribution in [1.82, 2.24) is 4.90 Å². The molecular formula is C15H23N3O2. The second-order valence-corrected chi connectivity index (χ2v) is 5.12. The number of hydrogen-bond donors (Lipinski definition) is 2. The van der Waals surface area contributed by atoms with Gasteiger partial charge in [-0.05, 0) is 24.1 Å². The van der Waals surface area contributed by atoms with Gasteiger partial charge in [-0.3, -0.25) is 0 Å². The predicted octanol–water partition coefficient (Wildman–Crippen LogP) is 2.18. The van der Waals surface area contributed by atoms with E-state index in [1.807, 2.05) is 24.3 Å². The number of amides is 1. The van der Waals surface area contributed by atoms with Gasteiger partial charge < -0.3 is 20.7 Å². The van der Waals surface area contributed by atoms with Gasteiger partial charge in [0.15, 0.2) is 0 Å². The van der Waals surface area contributed by atoms with Crippen molar-refractivity contribution < 1.29 is 9.53 Å². The molecule has 5 heteroatoms. The highest BCUT2D eigenvalue weighted by atomic mass is 16.6. The summed E-state index contributed by atoms with van der Waals surface area (Å²) in [6.45, 7) is 4.51. The van der Waals surface area contributed by atoms with E-state index in [4.69, 9.17) is 10.5 Å². The summed E-state index contributed by atoms with van der Waals surface area (Å²) in [5.41, 5.74) is 7.77. The van der Waals surface area contributed by atoms with Crippen molar-refractivity contribution in [2.45, 2.75) is 32.4 Å². The summed E-state index contributed by atoms with van der Waals surface area (Å²) in [4.78, 5) is 13.4. The van der Waals surface area contributed by atoms with Crippen LogP contribution in [0.25, 0.3) is 0 Å². The molecule has 1 aliphatic rings. The van der Waals surface area contributed by atoms with Crippen LogP contribution in [0, 0.1) is 0 Å². The molecule has 0 bridgehead atoms. The number of nitrogens with two attached hydrogens (primary N) is 1. The predicted molar refractivity (Wildman–Crippen MR) is 79.6 cm³/mol. The number of benzene rings is 1. The van der Waals surface area contributed by atoms with Gasteiger partial charge in [0.05, 0.1) is 12.6 Å². The SMILES string of the molecule is CCCCOC(=O)N1CC(Nc2cccc(CN)c2)C1. The van der Waals surface area contributed by atoms with Crippen LogP contribution in [-0.4, -0.2) is 36.7 Å². The number of ether oxygens (including phenoxy) is 1. The topological polar surface area (TPSA) is 67.6 Å². The molecule has 3 N–H and O–H groups in total. The summed E-state index contributed by atoms with van der Waals surface area (Å²) >= 11 is 0. The molecule has 0 unspecified atom stereocenters. The highest BCUT2D eigenvalue weighted by Gasteiger charge is 2.31. The number of unbranched alkanes of at least 4 members (excludes halogenated alkanes) is 1. The van der Waals surface area contributed by atoms with Crippen molar-refractivity contribution in [3.8, 4) is 0 Å². The maximum absolute atomic E-state index is 11.7. The van der Waals surface area contributed by atoms with Gasteiger partial charge in [0.2, 0.25) is 0 Å². The molecule has 0 saturated carbocycles. The van der Waals surface area contributed by atoms with Crippen LogP contribution < -0.4 is 11.1 Å². The fraction of sp³-hybridized carbons (Fsp3) is 0.533. The van der Waals surface area contributed by atoms with Crippen LogP contribution in [-0.2, 0) is 11.3 Å². The molecule has 1 saturated heterocycles. The highest BCUT2D eigenvalue weighted by molar-refractivity contribution is 5.69. The zero-order chi connectivity index (χ0) is 14.4. The summed E-state index contributed by atoms with van der Waals surface area (Å²) < 4.78 is 5.16. The van der Waals surface area contributed by atoms with Crippen molar-refractivity contribution in [3.05, 3.63) is 29.8 Å². The number of nitrogens with zero attached hydrogens (tertiary/aromatic N) is 1. The van der Waals surface area contributed by atoms with E-state index in [2.05, 4.69) is 12.2 Å². The zero-order valence-corrected chi connectivity index (χ0v) is 12.0. The highest BCUT2D eigenvalue weighted by Crippen LogP contribution is 2.17. The maximum atomic E-state index is 11.7. The molecule has 1 fully saturated rings. The van der Waals surface area contributed by atoms with E-state index in [0.717, 1.165) is 24.1 Å². The third kappa shape index (κ3) is 3.87. The summed E-state index contributed by atoms with van der Waals surface area (Å²) in [5, 5.41) is 3.40. The Morgan fingerprint density at radius 3 is 3.00 bits per heavy atom. The molecule has 0 aliphatic carbocycles. The fourth-order valence-electron chi connectivity index (χ4n) is 2.14. The van der Waals surface area contributed by atoms with Gasteiger partial charge in [-0.2, -0.15) is 0 Å². The first kappa shape index (κ1) is 14.7. The lowest BCUT2D eigenvalue weighted by Crippen LogP contribution is -2.57. The van der Waals surface area contributed by atoms with E-state index in [0.29, 0.717) is 32.3 Å². The first-order valence-corrected chi connectivity index (χ1v) is 7.20. The van der Waals surface area contributed by atoms with E-state index in [9.17, 15) is 4.79 Å². The van der Waals surface area contributed by atoms with E-state index >= 15 is 0 Å². The first-order valence-electron chi connectivity index (χ1n) is 7.20. The quantitative estimate of drug-likeness (QED) is 0.782. The standard InChI is InChI=1S/C15H23N3O2/c1-2-3-7-20-15(19)18-10-14(11-18)17-13-6-4-5-12(8-13)9-16/h4-6,8,14,17H,2-3,7,9-11,16H2,1H3. The lowest BCUT2D eigenvalue weighted by molar-refractivity contribution is 0.0748. The Morgan fingerprint density at radius 1 is 1.50 bits per heavy atom. The molecule has 1 aromatic carbocycles.